The zero-order valence-corrected chi connectivity index (χ0v) is 12.9. The Balaban J connectivity index is 2.13. The molecule has 0 aliphatic carbocycles. The fourth-order valence-corrected chi connectivity index (χ4v) is 2.55. The van der Waals surface area contributed by atoms with Crippen LogP contribution in [0, 0.1) is 9.39 Å². The summed E-state index contributed by atoms with van der Waals surface area (Å²) in [5.41, 5.74) is 1.78. The zero-order valence-electron chi connectivity index (χ0n) is 9.18. The van der Waals surface area contributed by atoms with Gasteiger partial charge in [0.05, 0.1) is 0 Å². The van der Waals surface area contributed by atoms with E-state index in [-0.39, 0.29) is 5.82 Å². The fourth-order valence-electron chi connectivity index (χ4n) is 1.50. The first-order valence-corrected chi connectivity index (χ1v) is 7.02. The Morgan fingerprint density at radius 1 is 1.11 bits per heavy atom. The quantitative estimate of drug-likeness (QED) is 0.690. The van der Waals surface area contributed by atoms with E-state index in [1.54, 1.807) is 18.2 Å². The molecule has 94 valence electrons. The molecule has 0 aliphatic rings. The van der Waals surface area contributed by atoms with Crippen LogP contribution in [0.4, 0.5) is 10.1 Å². The lowest BCUT2D eigenvalue weighted by molar-refractivity contribution is 0.627. The standard InChI is InChI=1S/C13H9Cl2FIN/c14-9-1-3-11(15)8(5-9)7-18-13-4-2-10(16)6-12(13)17/h1-6,18H,7H2. The fraction of sp³-hybridized carbons (Fsp3) is 0.0769. The van der Waals surface area contributed by atoms with E-state index in [4.69, 9.17) is 23.2 Å². The van der Waals surface area contributed by atoms with Gasteiger partial charge in [-0.25, -0.2) is 4.39 Å². The highest BCUT2D eigenvalue weighted by Crippen LogP contribution is 2.24. The van der Waals surface area contributed by atoms with Gasteiger partial charge in [0.15, 0.2) is 0 Å². The summed E-state index contributed by atoms with van der Waals surface area (Å²) < 4.78 is 13.8. The van der Waals surface area contributed by atoms with E-state index in [0.717, 1.165) is 14.8 Å². The lowest BCUT2D eigenvalue weighted by Gasteiger charge is -2.10. The normalized spacial score (nSPS) is 10.4. The third-order valence-electron chi connectivity index (χ3n) is 2.41. The van der Waals surface area contributed by atoms with Gasteiger partial charge >= 0.3 is 0 Å². The molecule has 0 saturated heterocycles. The molecule has 5 heteroatoms. The molecule has 0 radical (unpaired) electrons. The maximum Gasteiger partial charge on any atom is 0.124 e. The van der Waals surface area contributed by atoms with E-state index in [2.05, 4.69) is 27.9 Å². The van der Waals surface area contributed by atoms with Gasteiger partial charge in [0, 0.05) is 25.8 Å². The van der Waals surface area contributed by atoms with E-state index in [0.29, 0.717) is 16.6 Å². The van der Waals surface area contributed by atoms with Crippen LogP contribution in [-0.4, -0.2) is 0 Å². The molecular weight excluding hydrogens is 387 g/mol. The first kappa shape index (κ1) is 13.9. The van der Waals surface area contributed by atoms with E-state index in [9.17, 15) is 4.39 Å². The number of halogens is 4. The van der Waals surface area contributed by atoms with Crippen molar-refractivity contribution in [1.82, 2.24) is 0 Å². The molecule has 0 heterocycles. The minimum Gasteiger partial charge on any atom is -0.380 e. The van der Waals surface area contributed by atoms with E-state index in [1.165, 1.54) is 12.1 Å². The van der Waals surface area contributed by atoms with Gasteiger partial charge in [0.2, 0.25) is 0 Å². The smallest absolute Gasteiger partial charge is 0.124 e. The number of anilines is 1. The van der Waals surface area contributed by atoms with Gasteiger partial charge in [-0.2, -0.15) is 0 Å². The van der Waals surface area contributed by atoms with Gasteiger partial charge < -0.3 is 5.32 Å². The van der Waals surface area contributed by atoms with Gasteiger partial charge in [-0.1, -0.05) is 23.2 Å². The first-order valence-electron chi connectivity index (χ1n) is 5.19. The monoisotopic (exact) mass is 395 g/mol. The van der Waals surface area contributed by atoms with Gasteiger partial charge in [0.25, 0.3) is 0 Å². The molecule has 2 rings (SSSR count). The maximum absolute atomic E-state index is 13.0. The molecular formula is C13H9Cl2FIN. The Kier molecular flexibility index (Phi) is 4.70. The third-order valence-corrected chi connectivity index (χ3v) is 3.90. The predicted octanol–water partition coefficient (Wildman–Crippen LogP) is 5.35. The number of nitrogens with one attached hydrogen (secondary N) is 1. The third kappa shape index (κ3) is 3.49. The van der Waals surface area contributed by atoms with Crippen LogP contribution in [0.3, 0.4) is 0 Å². The van der Waals surface area contributed by atoms with Gasteiger partial charge in [-0.05, 0) is 64.6 Å². The largest absolute Gasteiger partial charge is 0.380 e. The summed E-state index contributed by atoms with van der Waals surface area (Å²) >= 11 is 14.1. The van der Waals surface area contributed by atoms with Crippen LogP contribution in [0.2, 0.25) is 10.0 Å². The van der Waals surface area contributed by atoms with Crippen LogP contribution in [0.15, 0.2) is 36.4 Å². The van der Waals surface area contributed by atoms with Crippen molar-refractivity contribution >= 4 is 51.5 Å². The van der Waals surface area contributed by atoms with Crippen molar-refractivity contribution in [2.75, 3.05) is 5.32 Å². The van der Waals surface area contributed by atoms with Crippen LogP contribution >= 0.6 is 45.8 Å². The van der Waals surface area contributed by atoms with Crippen molar-refractivity contribution in [3.63, 3.8) is 0 Å². The molecule has 0 saturated carbocycles. The Morgan fingerprint density at radius 3 is 2.61 bits per heavy atom. The van der Waals surface area contributed by atoms with Gasteiger partial charge in [0.1, 0.15) is 5.82 Å². The second-order valence-electron chi connectivity index (χ2n) is 3.71. The molecule has 0 fully saturated rings. The molecule has 0 amide bonds. The minimum atomic E-state index is -0.245. The van der Waals surface area contributed by atoms with Crippen LogP contribution in [0.1, 0.15) is 5.56 Å². The van der Waals surface area contributed by atoms with Crippen LogP contribution in [0.25, 0.3) is 0 Å². The molecule has 18 heavy (non-hydrogen) atoms. The van der Waals surface area contributed by atoms with Crippen molar-refractivity contribution in [2.24, 2.45) is 0 Å². The van der Waals surface area contributed by atoms with Gasteiger partial charge in [-0.3, -0.25) is 0 Å². The van der Waals surface area contributed by atoms with Crippen molar-refractivity contribution in [3.8, 4) is 0 Å². The second kappa shape index (κ2) is 6.08. The molecule has 1 N–H and O–H groups in total. The molecule has 0 aliphatic heterocycles. The van der Waals surface area contributed by atoms with Crippen molar-refractivity contribution in [2.45, 2.75) is 6.54 Å². The number of hydrogen-bond donors (Lipinski definition) is 1. The summed E-state index contributed by atoms with van der Waals surface area (Å²) in [6, 6.07) is 9.92. The number of hydrogen-bond acceptors (Lipinski definition) is 1. The van der Waals surface area contributed by atoms with Crippen molar-refractivity contribution < 1.29 is 4.39 Å². The van der Waals surface area contributed by atoms with E-state index in [1.807, 2.05) is 6.07 Å². The Labute approximate surface area is 128 Å². The number of rotatable bonds is 3. The highest BCUT2D eigenvalue weighted by molar-refractivity contribution is 14.1. The van der Waals surface area contributed by atoms with Crippen LogP contribution in [0.5, 0.6) is 0 Å². The highest BCUT2D eigenvalue weighted by atomic mass is 127. The SMILES string of the molecule is Fc1ccc(NCc2cc(Cl)ccc2Cl)c(I)c1. The topological polar surface area (TPSA) is 12.0 Å². The minimum absolute atomic E-state index is 0.245. The molecule has 1 nitrogen and oxygen atoms in total. The highest BCUT2D eigenvalue weighted by Gasteiger charge is 2.04. The summed E-state index contributed by atoms with van der Waals surface area (Å²) in [5, 5.41) is 4.51. The summed E-state index contributed by atoms with van der Waals surface area (Å²) in [6.45, 7) is 0.543. The zero-order chi connectivity index (χ0) is 13.1. The first-order chi connectivity index (χ1) is 8.56. The molecule has 2 aromatic rings. The lowest BCUT2D eigenvalue weighted by Crippen LogP contribution is -2.02. The molecule has 0 spiro atoms. The molecule has 0 aromatic heterocycles. The van der Waals surface area contributed by atoms with Gasteiger partial charge in [-0.15, -0.1) is 0 Å². The molecule has 0 unspecified atom stereocenters. The molecule has 0 bridgehead atoms. The Bertz CT molecular complexity index is 575. The number of benzene rings is 2. The Hall–Kier alpha value is -0.520. The Morgan fingerprint density at radius 2 is 1.89 bits per heavy atom. The average Bonchev–Trinajstić information content (AvgIpc) is 2.32. The summed E-state index contributed by atoms with van der Waals surface area (Å²) in [6.07, 6.45) is 0. The summed E-state index contributed by atoms with van der Waals surface area (Å²) in [4.78, 5) is 0. The van der Waals surface area contributed by atoms with Crippen LogP contribution in [-0.2, 0) is 6.54 Å². The van der Waals surface area contributed by atoms with E-state index < -0.39 is 0 Å². The van der Waals surface area contributed by atoms with Crippen LogP contribution < -0.4 is 5.32 Å². The van der Waals surface area contributed by atoms with Crippen molar-refractivity contribution in [1.29, 1.82) is 0 Å². The lowest BCUT2D eigenvalue weighted by atomic mass is 10.2. The second-order valence-corrected chi connectivity index (χ2v) is 5.72. The summed E-state index contributed by atoms with van der Waals surface area (Å²) in [5.74, 6) is -0.245. The average molecular weight is 396 g/mol. The summed E-state index contributed by atoms with van der Waals surface area (Å²) in [7, 11) is 0. The molecule has 0 atom stereocenters. The van der Waals surface area contributed by atoms with E-state index >= 15 is 0 Å². The predicted molar refractivity (Wildman–Crippen MR) is 82.9 cm³/mol. The molecule has 2 aromatic carbocycles. The maximum atomic E-state index is 13.0. The van der Waals surface area contributed by atoms with Crippen molar-refractivity contribution in [3.05, 3.63) is 61.4 Å².